The number of nitriles is 1. The molecule has 2 rings (SSSR count). The predicted octanol–water partition coefficient (Wildman–Crippen LogP) is 2.00. The standard InChI is InChI=1S/C19H28N6O2S/c1-3-25(4-2)13-8-14-28(26,27)24-17(19-21-18(15-20)22-23-19)12-11-16-9-6-5-7-10-16/h5-7,9-10,17,24H,3-4,8,11-14H2,1-2H3,(H,21,22,23)/t17-/m1/s1. The molecule has 0 aliphatic heterocycles. The lowest BCUT2D eigenvalue weighted by Crippen LogP contribution is -2.33. The van der Waals surface area contributed by atoms with Crippen molar-refractivity contribution in [3.8, 4) is 6.07 Å². The molecule has 1 heterocycles. The van der Waals surface area contributed by atoms with Crippen LogP contribution in [0.4, 0.5) is 0 Å². The predicted molar refractivity (Wildman–Crippen MR) is 108 cm³/mol. The number of hydrogen-bond acceptors (Lipinski definition) is 6. The van der Waals surface area contributed by atoms with Gasteiger partial charge in [0.1, 0.15) is 11.9 Å². The van der Waals surface area contributed by atoms with Crippen LogP contribution in [0.5, 0.6) is 0 Å². The molecule has 0 spiro atoms. The molecule has 0 unspecified atom stereocenters. The Morgan fingerprint density at radius 1 is 1.25 bits per heavy atom. The van der Waals surface area contributed by atoms with Gasteiger partial charge in [-0.05, 0) is 44.5 Å². The summed E-state index contributed by atoms with van der Waals surface area (Å²) in [5.74, 6) is 0.408. The third-order valence-electron chi connectivity index (χ3n) is 4.60. The zero-order valence-electron chi connectivity index (χ0n) is 16.4. The average molecular weight is 405 g/mol. The second kappa shape index (κ2) is 10.9. The van der Waals surface area contributed by atoms with E-state index in [-0.39, 0.29) is 11.6 Å². The van der Waals surface area contributed by atoms with Crippen molar-refractivity contribution in [2.24, 2.45) is 0 Å². The lowest BCUT2D eigenvalue weighted by molar-refractivity contribution is 0.304. The summed E-state index contributed by atoms with van der Waals surface area (Å²) in [6.45, 7) is 6.67. The number of nitrogens with one attached hydrogen (secondary N) is 2. The molecular formula is C19H28N6O2S. The van der Waals surface area contributed by atoms with Crippen molar-refractivity contribution in [3.63, 3.8) is 0 Å². The Balaban J connectivity index is 2.04. The number of sulfonamides is 1. The van der Waals surface area contributed by atoms with E-state index in [9.17, 15) is 8.42 Å². The van der Waals surface area contributed by atoms with Gasteiger partial charge in [-0.15, -0.1) is 5.10 Å². The molecular weight excluding hydrogens is 376 g/mol. The van der Waals surface area contributed by atoms with Gasteiger partial charge in [-0.3, -0.25) is 5.10 Å². The van der Waals surface area contributed by atoms with Gasteiger partial charge in [0.15, 0.2) is 0 Å². The van der Waals surface area contributed by atoms with Crippen molar-refractivity contribution < 1.29 is 8.42 Å². The molecule has 1 aromatic heterocycles. The number of aromatic amines is 1. The largest absolute Gasteiger partial charge is 0.304 e. The highest BCUT2D eigenvalue weighted by Crippen LogP contribution is 2.18. The number of aryl methyl sites for hydroxylation is 1. The first kappa shape index (κ1) is 22.0. The van der Waals surface area contributed by atoms with Gasteiger partial charge in [-0.2, -0.15) is 5.26 Å². The van der Waals surface area contributed by atoms with E-state index in [4.69, 9.17) is 5.26 Å². The summed E-state index contributed by atoms with van der Waals surface area (Å²) in [5, 5.41) is 15.4. The monoisotopic (exact) mass is 404 g/mol. The number of nitrogens with zero attached hydrogens (tertiary/aromatic N) is 4. The molecule has 0 saturated heterocycles. The third-order valence-corrected chi connectivity index (χ3v) is 6.07. The van der Waals surface area contributed by atoms with Crippen LogP contribution in [0.15, 0.2) is 30.3 Å². The Morgan fingerprint density at radius 2 is 1.96 bits per heavy atom. The van der Waals surface area contributed by atoms with Gasteiger partial charge in [0.05, 0.1) is 11.8 Å². The zero-order chi connectivity index (χ0) is 20.4. The van der Waals surface area contributed by atoms with Crippen molar-refractivity contribution >= 4 is 10.0 Å². The van der Waals surface area contributed by atoms with Crippen molar-refractivity contribution in [2.45, 2.75) is 39.2 Å². The molecule has 0 bridgehead atoms. The van der Waals surface area contributed by atoms with E-state index >= 15 is 0 Å². The van der Waals surface area contributed by atoms with Crippen molar-refractivity contribution in [2.75, 3.05) is 25.4 Å². The fraction of sp³-hybridized carbons (Fsp3) is 0.526. The second-order valence-corrected chi connectivity index (χ2v) is 8.42. The number of H-pyrrole nitrogens is 1. The maximum atomic E-state index is 12.6. The number of aromatic nitrogens is 3. The molecule has 1 aromatic carbocycles. The molecule has 2 N–H and O–H groups in total. The molecule has 8 nitrogen and oxygen atoms in total. The fourth-order valence-electron chi connectivity index (χ4n) is 2.98. The van der Waals surface area contributed by atoms with Gasteiger partial charge >= 0.3 is 0 Å². The van der Waals surface area contributed by atoms with Crippen LogP contribution in [0, 0.1) is 11.3 Å². The highest BCUT2D eigenvalue weighted by atomic mass is 32.2. The first-order valence-electron chi connectivity index (χ1n) is 9.56. The Hall–Kier alpha value is -2.28. The van der Waals surface area contributed by atoms with Crippen molar-refractivity contribution in [1.82, 2.24) is 24.8 Å². The summed E-state index contributed by atoms with van der Waals surface area (Å²) >= 11 is 0. The van der Waals surface area contributed by atoms with E-state index < -0.39 is 16.1 Å². The summed E-state index contributed by atoms with van der Waals surface area (Å²) in [6.07, 6.45) is 1.75. The summed E-state index contributed by atoms with van der Waals surface area (Å²) in [4.78, 5) is 6.29. The molecule has 28 heavy (non-hydrogen) atoms. The smallest absolute Gasteiger partial charge is 0.252 e. The van der Waals surface area contributed by atoms with E-state index in [0.717, 1.165) is 25.2 Å². The Bertz CT molecular complexity index is 856. The number of hydrogen-bond donors (Lipinski definition) is 2. The highest BCUT2D eigenvalue weighted by molar-refractivity contribution is 7.89. The molecule has 0 aliphatic carbocycles. The van der Waals surface area contributed by atoms with E-state index in [1.165, 1.54) is 0 Å². The molecule has 152 valence electrons. The molecule has 9 heteroatoms. The van der Waals surface area contributed by atoms with Crippen molar-refractivity contribution in [1.29, 1.82) is 5.26 Å². The summed E-state index contributed by atoms with van der Waals surface area (Å²) < 4.78 is 27.9. The van der Waals surface area contributed by atoms with Gasteiger partial charge in [-0.1, -0.05) is 44.2 Å². The second-order valence-electron chi connectivity index (χ2n) is 6.55. The first-order valence-corrected chi connectivity index (χ1v) is 11.2. The molecule has 0 saturated carbocycles. The summed E-state index contributed by atoms with van der Waals surface area (Å²) in [5.41, 5.74) is 1.10. The van der Waals surface area contributed by atoms with Gasteiger partial charge in [0, 0.05) is 0 Å². The SMILES string of the molecule is CCN(CC)CCCS(=O)(=O)N[C@H](CCc1ccccc1)c1nc(C#N)n[nH]1. The lowest BCUT2D eigenvalue weighted by Gasteiger charge is -2.19. The van der Waals surface area contributed by atoms with E-state index in [2.05, 4.69) is 38.7 Å². The summed E-state index contributed by atoms with van der Waals surface area (Å²) in [7, 11) is -3.49. The third kappa shape index (κ3) is 7.03. The van der Waals surface area contributed by atoms with Crippen LogP contribution < -0.4 is 4.72 Å². The molecule has 1 atom stereocenters. The van der Waals surface area contributed by atoms with E-state index in [0.29, 0.717) is 25.1 Å². The molecule has 0 aliphatic rings. The first-order chi connectivity index (χ1) is 13.5. The Kier molecular flexibility index (Phi) is 8.57. The van der Waals surface area contributed by atoms with Crippen LogP contribution >= 0.6 is 0 Å². The van der Waals surface area contributed by atoms with Crippen LogP contribution in [0.1, 0.15) is 49.9 Å². The molecule has 0 fully saturated rings. The van der Waals surface area contributed by atoms with Gasteiger partial charge in [0.2, 0.25) is 10.0 Å². The molecule has 0 radical (unpaired) electrons. The lowest BCUT2D eigenvalue weighted by atomic mass is 10.1. The average Bonchev–Trinajstić information content (AvgIpc) is 3.18. The van der Waals surface area contributed by atoms with Crippen LogP contribution in [0.3, 0.4) is 0 Å². The van der Waals surface area contributed by atoms with Gasteiger partial charge in [-0.25, -0.2) is 18.1 Å². The number of benzene rings is 1. The molecule has 2 aromatic rings. The summed E-state index contributed by atoms with van der Waals surface area (Å²) in [6, 6.07) is 11.1. The maximum Gasteiger partial charge on any atom is 0.252 e. The Labute approximate surface area is 167 Å². The number of rotatable bonds is 12. The van der Waals surface area contributed by atoms with Crippen LogP contribution in [0.25, 0.3) is 0 Å². The van der Waals surface area contributed by atoms with E-state index in [1.807, 2.05) is 36.4 Å². The van der Waals surface area contributed by atoms with Gasteiger partial charge in [0.25, 0.3) is 5.82 Å². The maximum absolute atomic E-state index is 12.6. The molecule has 0 amide bonds. The highest BCUT2D eigenvalue weighted by Gasteiger charge is 2.22. The van der Waals surface area contributed by atoms with Crippen LogP contribution in [0.2, 0.25) is 0 Å². The minimum atomic E-state index is -3.49. The van der Waals surface area contributed by atoms with Crippen LogP contribution in [-0.4, -0.2) is 53.9 Å². The quantitative estimate of drug-likeness (QED) is 0.559. The van der Waals surface area contributed by atoms with Crippen molar-refractivity contribution in [3.05, 3.63) is 47.5 Å². The van der Waals surface area contributed by atoms with Gasteiger partial charge < -0.3 is 4.90 Å². The zero-order valence-corrected chi connectivity index (χ0v) is 17.2. The fourth-order valence-corrected chi connectivity index (χ4v) is 4.27. The minimum absolute atomic E-state index is 0.000410. The normalized spacial score (nSPS) is 12.8. The van der Waals surface area contributed by atoms with Crippen LogP contribution in [-0.2, 0) is 16.4 Å². The Morgan fingerprint density at radius 3 is 2.57 bits per heavy atom. The topological polar surface area (TPSA) is 115 Å². The minimum Gasteiger partial charge on any atom is -0.304 e. The van der Waals surface area contributed by atoms with E-state index in [1.54, 1.807) is 0 Å².